The molecule has 170 valence electrons. The van der Waals surface area contributed by atoms with Gasteiger partial charge in [0.2, 0.25) is 5.91 Å². The average molecular weight is 476 g/mol. The lowest BCUT2D eigenvalue weighted by Crippen LogP contribution is -2.55. The van der Waals surface area contributed by atoms with Crippen molar-refractivity contribution < 1.29 is 14.7 Å². The Morgan fingerprint density at radius 2 is 1.94 bits per heavy atom. The second kappa shape index (κ2) is 9.95. The highest BCUT2D eigenvalue weighted by Crippen LogP contribution is 2.46. The first kappa shape index (κ1) is 22.7. The Labute approximate surface area is 196 Å². The number of benzene rings is 1. The van der Waals surface area contributed by atoms with E-state index in [-0.39, 0.29) is 12.3 Å². The molecule has 1 aromatic heterocycles. The van der Waals surface area contributed by atoms with Crippen molar-refractivity contribution in [3.63, 3.8) is 0 Å². The smallest absolute Gasteiger partial charge is 0.405 e. The highest BCUT2D eigenvalue weighted by Gasteiger charge is 2.33. The van der Waals surface area contributed by atoms with Gasteiger partial charge in [-0.25, -0.2) is 14.8 Å². The summed E-state index contributed by atoms with van der Waals surface area (Å²) in [6.07, 6.45) is 1.72. The van der Waals surface area contributed by atoms with Crippen LogP contribution in [0.15, 0.2) is 30.6 Å². The van der Waals surface area contributed by atoms with Crippen molar-refractivity contribution in [1.82, 2.24) is 20.2 Å². The molecule has 2 amide bonds. The molecule has 10 heteroatoms. The molecule has 0 aliphatic carbocycles. The van der Waals surface area contributed by atoms with E-state index in [2.05, 4.69) is 27.1 Å². The maximum Gasteiger partial charge on any atom is 0.405 e. The summed E-state index contributed by atoms with van der Waals surface area (Å²) in [7, 11) is 0. The number of amides is 2. The van der Waals surface area contributed by atoms with Crippen LogP contribution in [0, 0.1) is 0 Å². The molecule has 2 aromatic rings. The summed E-state index contributed by atoms with van der Waals surface area (Å²) in [5, 5.41) is 12.6. The molecule has 2 N–H and O–H groups in total. The summed E-state index contributed by atoms with van der Waals surface area (Å²) in [6.45, 7) is 4.50. The molecule has 32 heavy (non-hydrogen) atoms. The molecule has 0 radical (unpaired) electrons. The van der Waals surface area contributed by atoms with Gasteiger partial charge in [0.1, 0.15) is 18.2 Å². The van der Waals surface area contributed by atoms with Crippen LogP contribution in [0.4, 0.5) is 10.6 Å². The molecular formula is C22H26ClN5O3S. The van der Waals surface area contributed by atoms with E-state index in [9.17, 15) is 14.7 Å². The third-order valence-corrected chi connectivity index (χ3v) is 7.56. The van der Waals surface area contributed by atoms with Crippen LogP contribution in [-0.4, -0.2) is 64.2 Å². The Morgan fingerprint density at radius 1 is 1.22 bits per heavy atom. The Bertz CT molecular complexity index is 982. The number of carboxylic acid groups (broad SMARTS) is 1. The monoisotopic (exact) mass is 475 g/mol. The molecule has 2 aliphatic heterocycles. The Hall–Kier alpha value is -2.52. The molecule has 3 heterocycles. The standard InChI is InChI=1S/C22H26ClN5O3S/c1-2-18-19-17(12-32-18)24-13-25-20(19)27-7-9-28(10-8-27)21(29)16(26-22(30)31)11-14-3-5-15(23)6-4-14/h3-6,13,16,18,26H,2,7-12H2,1H3,(H,30,31)/t16?,18-/m1/s1. The lowest BCUT2D eigenvalue weighted by atomic mass is 10.0. The molecule has 8 nitrogen and oxygen atoms in total. The van der Waals surface area contributed by atoms with Gasteiger partial charge < -0.3 is 20.2 Å². The molecule has 1 unspecified atom stereocenters. The van der Waals surface area contributed by atoms with E-state index in [0.717, 1.165) is 29.2 Å². The first-order valence-electron chi connectivity index (χ1n) is 10.7. The minimum atomic E-state index is -1.21. The molecule has 1 fully saturated rings. The van der Waals surface area contributed by atoms with Crippen molar-refractivity contribution in [2.45, 2.75) is 36.8 Å². The summed E-state index contributed by atoms with van der Waals surface area (Å²) in [4.78, 5) is 37.5. The van der Waals surface area contributed by atoms with Crippen LogP contribution in [0.5, 0.6) is 0 Å². The van der Waals surface area contributed by atoms with Gasteiger partial charge in [-0.05, 0) is 24.1 Å². The second-order valence-corrected chi connectivity index (χ2v) is 9.54. The van der Waals surface area contributed by atoms with Gasteiger partial charge in [-0.3, -0.25) is 4.79 Å². The summed E-state index contributed by atoms with van der Waals surface area (Å²) in [6, 6.07) is 6.24. The van der Waals surface area contributed by atoms with E-state index >= 15 is 0 Å². The van der Waals surface area contributed by atoms with Crippen molar-refractivity contribution in [2.24, 2.45) is 0 Å². The number of nitrogens with one attached hydrogen (secondary N) is 1. The van der Waals surface area contributed by atoms with Gasteiger partial charge in [0.25, 0.3) is 0 Å². The summed E-state index contributed by atoms with van der Waals surface area (Å²) >= 11 is 7.83. The van der Waals surface area contributed by atoms with Gasteiger partial charge in [-0.15, -0.1) is 11.8 Å². The zero-order valence-electron chi connectivity index (χ0n) is 17.8. The summed E-state index contributed by atoms with van der Waals surface area (Å²) in [5.41, 5.74) is 3.19. The van der Waals surface area contributed by atoms with Crippen LogP contribution < -0.4 is 10.2 Å². The Kier molecular flexibility index (Phi) is 7.05. The van der Waals surface area contributed by atoms with Gasteiger partial charge in [0, 0.05) is 54.2 Å². The number of carbonyl (C=O) groups is 2. The normalized spacial score (nSPS) is 18.9. The predicted molar refractivity (Wildman–Crippen MR) is 125 cm³/mol. The van der Waals surface area contributed by atoms with Gasteiger partial charge in [0.05, 0.1) is 5.69 Å². The zero-order valence-corrected chi connectivity index (χ0v) is 19.4. The number of carbonyl (C=O) groups excluding carboxylic acids is 1. The predicted octanol–water partition coefficient (Wildman–Crippen LogP) is 3.36. The van der Waals surface area contributed by atoms with E-state index < -0.39 is 12.1 Å². The highest BCUT2D eigenvalue weighted by atomic mass is 35.5. The maximum absolute atomic E-state index is 13.2. The molecule has 0 bridgehead atoms. The topological polar surface area (TPSA) is 98.7 Å². The SMILES string of the molecule is CC[C@H]1SCc2ncnc(N3CCN(C(=O)C(Cc4ccc(Cl)cc4)NC(=O)O)CC3)c21. The largest absolute Gasteiger partial charge is 0.465 e. The molecular weight excluding hydrogens is 450 g/mol. The van der Waals surface area contributed by atoms with E-state index in [1.54, 1.807) is 23.4 Å². The lowest BCUT2D eigenvalue weighted by Gasteiger charge is -2.37. The first-order valence-corrected chi connectivity index (χ1v) is 12.1. The van der Waals surface area contributed by atoms with Crippen molar-refractivity contribution in [3.8, 4) is 0 Å². The number of hydrogen-bond donors (Lipinski definition) is 2. The molecule has 0 spiro atoms. The van der Waals surface area contributed by atoms with E-state index in [1.165, 1.54) is 5.56 Å². The first-order chi connectivity index (χ1) is 15.5. The molecule has 2 atom stereocenters. The minimum Gasteiger partial charge on any atom is -0.465 e. The molecule has 1 saturated heterocycles. The number of hydrogen-bond acceptors (Lipinski definition) is 6. The van der Waals surface area contributed by atoms with Crippen LogP contribution >= 0.6 is 23.4 Å². The van der Waals surface area contributed by atoms with Gasteiger partial charge >= 0.3 is 6.09 Å². The van der Waals surface area contributed by atoms with Crippen LogP contribution in [0.3, 0.4) is 0 Å². The fourth-order valence-electron chi connectivity index (χ4n) is 4.27. The number of piperazine rings is 1. The van der Waals surface area contributed by atoms with Crippen molar-refractivity contribution in [3.05, 3.63) is 52.4 Å². The van der Waals surface area contributed by atoms with Gasteiger partial charge in [0.15, 0.2) is 0 Å². The quantitative estimate of drug-likeness (QED) is 0.660. The van der Waals surface area contributed by atoms with Crippen LogP contribution in [-0.2, 0) is 17.0 Å². The van der Waals surface area contributed by atoms with Crippen LogP contribution in [0.25, 0.3) is 0 Å². The third kappa shape index (κ3) is 4.94. The molecule has 0 saturated carbocycles. The number of halogens is 1. The summed E-state index contributed by atoms with van der Waals surface area (Å²) < 4.78 is 0. The summed E-state index contributed by atoms with van der Waals surface area (Å²) in [5.74, 6) is 1.67. The molecule has 2 aliphatic rings. The van der Waals surface area contributed by atoms with E-state index in [0.29, 0.717) is 36.5 Å². The second-order valence-electron chi connectivity index (χ2n) is 7.91. The number of aromatic nitrogens is 2. The Balaban J connectivity index is 1.43. The fraction of sp³-hybridized carbons (Fsp3) is 0.455. The number of thioether (sulfide) groups is 1. The van der Waals surface area contributed by atoms with E-state index in [1.807, 2.05) is 23.9 Å². The number of nitrogens with zero attached hydrogens (tertiary/aromatic N) is 4. The van der Waals surface area contributed by atoms with Crippen molar-refractivity contribution in [1.29, 1.82) is 0 Å². The van der Waals surface area contributed by atoms with Crippen molar-refractivity contribution >= 4 is 41.2 Å². The lowest BCUT2D eigenvalue weighted by molar-refractivity contribution is -0.133. The number of fused-ring (bicyclic) bond motifs is 1. The number of rotatable bonds is 6. The molecule has 4 rings (SSSR count). The van der Waals surface area contributed by atoms with Gasteiger partial charge in [-0.1, -0.05) is 30.7 Å². The minimum absolute atomic E-state index is 0.211. The number of anilines is 1. The van der Waals surface area contributed by atoms with Crippen molar-refractivity contribution in [2.75, 3.05) is 31.1 Å². The highest BCUT2D eigenvalue weighted by molar-refractivity contribution is 7.99. The maximum atomic E-state index is 13.2. The van der Waals surface area contributed by atoms with Crippen LogP contribution in [0.2, 0.25) is 5.02 Å². The molecule has 1 aromatic carbocycles. The average Bonchev–Trinajstić information content (AvgIpc) is 3.23. The van der Waals surface area contributed by atoms with Gasteiger partial charge in [-0.2, -0.15) is 0 Å². The van der Waals surface area contributed by atoms with E-state index in [4.69, 9.17) is 11.6 Å². The zero-order chi connectivity index (χ0) is 22.7. The van der Waals surface area contributed by atoms with Crippen LogP contribution in [0.1, 0.15) is 35.4 Å². The Morgan fingerprint density at radius 3 is 2.59 bits per heavy atom. The third-order valence-electron chi connectivity index (χ3n) is 5.90. The fourth-order valence-corrected chi connectivity index (χ4v) is 5.63.